The third kappa shape index (κ3) is 5.63. The lowest BCUT2D eigenvalue weighted by molar-refractivity contribution is 0.355. The molecule has 0 amide bonds. The van der Waals surface area contributed by atoms with Gasteiger partial charge in [0.05, 0.1) is 26.1 Å². The number of anilines is 1. The van der Waals surface area contributed by atoms with Crippen LogP contribution < -0.4 is 24.8 Å². The number of fused-ring (bicyclic) bond motifs is 1. The quantitative estimate of drug-likeness (QED) is 0.243. The molecule has 35 heavy (non-hydrogen) atoms. The van der Waals surface area contributed by atoms with Gasteiger partial charge in [-0.3, -0.25) is 4.98 Å². The molecular formula is C26H29N5O3S. The average Bonchev–Trinajstić information content (AvgIpc) is 3.39. The minimum absolute atomic E-state index is 0.591. The summed E-state index contributed by atoms with van der Waals surface area (Å²) in [6, 6.07) is 9.49. The van der Waals surface area contributed by atoms with Gasteiger partial charge in [-0.05, 0) is 67.9 Å². The number of methoxy groups -OCH3 is 2. The van der Waals surface area contributed by atoms with Crippen LogP contribution in [0.25, 0.3) is 10.9 Å². The summed E-state index contributed by atoms with van der Waals surface area (Å²) in [4.78, 5) is 8.50. The van der Waals surface area contributed by atoms with Crippen LogP contribution in [-0.4, -0.2) is 40.4 Å². The van der Waals surface area contributed by atoms with E-state index in [0.29, 0.717) is 22.4 Å². The molecule has 8 nitrogen and oxygen atoms in total. The summed E-state index contributed by atoms with van der Waals surface area (Å²) in [5.74, 6) is 2.69. The zero-order valence-corrected chi connectivity index (χ0v) is 21.1. The van der Waals surface area contributed by atoms with Crippen molar-refractivity contribution in [1.29, 1.82) is 0 Å². The summed E-state index contributed by atoms with van der Waals surface area (Å²) >= 11 is 5.49. The van der Waals surface area contributed by atoms with Crippen LogP contribution in [0.4, 0.5) is 5.69 Å². The highest BCUT2D eigenvalue weighted by Gasteiger charge is 2.14. The number of imidazole rings is 1. The first kappa shape index (κ1) is 24.3. The van der Waals surface area contributed by atoms with Crippen molar-refractivity contribution in [2.24, 2.45) is 0 Å². The fourth-order valence-electron chi connectivity index (χ4n) is 3.75. The SMILES string of the molecule is COc1cc2nccc(Oc3ccc(NC(=S)NCCCn4ccnc4)c(C)c3C)c2cc1OC. The fourth-order valence-corrected chi connectivity index (χ4v) is 3.96. The highest BCUT2D eigenvalue weighted by molar-refractivity contribution is 7.80. The monoisotopic (exact) mass is 491 g/mol. The van der Waals surface area contributed by atoms with E-state index in [1.807, 2.05) is 61.3 Å². The molecule has 2 heterocycles. The number of ether oxygens (including phenoxy) is 3. The summed E-state index contributed by atoms with van der Waals surface area (Å²) in [6.45, 7) is 5.74. The number of benzene rings is 2. The number of nitrogens with one attached hydrogen (secondary N) is 2. The Morgan fingerprint density at radius 2 is 1.77 bits per heavy atom. The molecule has 2 aromatic heterocycles. The maximum Gasteiger partial charge on any atom is 0.170 e. The van der Waals surface area contributed by atoms with Gasteiger partial charge in [-0.15, -0.1) is 0 Å². The normalized spacial score (nSPS) is 10.7. The maximum atomic E-state index is 6.33. The van der Waals surface area contributed by atoms with E-state index in [-0.39, 0.29) is 0 Å². The van der Waals surface area contributed by atoms with Crippen molar-refractivity contribution in [3.63, 3.8) is 0 Å². The van der Waals surface area contributed by atoms with E-state index in [1.54, 1.807) is 26.6 Å². The lowest BCUT2D eigenvalue weighted by atomic mass is 10.1. The van der Waals surface area contributed by atoms with Crippen LogP contribution in [0.15, 0.2) is 55.2 Å². The molecule has 0 unspecified atom stereocenters. The number of thiocarbonyl (C=S) groups is 1. The van der Waals surface area contributed by atoms with Crippen molar-refractivity contribution >= 4 is 33.9 Å². The zero-order chi connectivity index (χ0) is 24.8. The molecule has 0 fully saturated rings. The Bertz CT molecular complexity index is 1320. The molecule has 0 aliphatic heterocycles. The van der Waals surface area contributed by atoms with Gasteiger partial charge in [0.15, 0.2) is 16.6 Å². The summed E-state index contributed by atoms with van der Waals surface area (Å²) in [5, 5.41) is 7.99. The molecule has 9 heteroatoms. The maximum absolute atomic E-state index is 6.33. The first-order chi connectivity index (χ1) is 17.0. The molecule has 0 radical (unpaired) electrons. The molecule has 0 aliphatic rings. The lowest BCUT2D eigenvalue weighted by Crippen LogP contribution is -2.30. The number of hydrogen-bond acceptors (Lipinski definition) is 6. The highest BCUT2D eigenvalue weighted by Crippen LogP contribution is 2.38. The van der Waals surface area contributed by atoms with Crippen molar-refractivity contribution in [2.75, 3.05) is 26.1 Å². The van der Waals surface area contributed by atoms with Crippen LogP contribution in [-0.2, 0) is 6.54 Å². The van der Waals surface area contributed by atoms with E-state index in [2.05, 4.69) is 20.6 Å². The van der Waals surface area contributed by atoms with Crippen LogP contribution in [0.2, 0.25) is 0 Å². The molecule has 0 aliphatic carbocycles. The van der Waals surface area contributed by atoms with E-state index in [0.717, 1.165) is 53.0 Å². The second kappa shape index (κ2) is 11.1. The first-order valence-corrected chi connectivity index (χ1v) is 11.7. The van der Waals surface area contributed by atoms with Gasteiger partial charge < -0.3 is 29.4 Å². The first-order valence-electron chi connectivity index (χ1n) is 11.3. The van der Waals surface area contributed by atoms with E-state index in [9.17, 15) is 0 Å². The van der Waals surface area contributed by atoms with Crippen LogP contribution >= 0.6 is 12.2 Å². The molecule has 0 saturated carbocycles. The summed E-state index contributed by atoms with van der Waals surface area (Å²) < 4.78 is 19.2. The zero-order valence-electron chi connectivity index (χ0n) is 20.3. The van der Waals surface area contributed by atoms with E-state index in [4.69, 9.17) is 26.4 Å². The van der Waals surface area contributed by atoms with E-state index < -0.39 is 0 Å². The summed E-state index contributed by atoms with van der Waals surface area (Å²) in [5.41, 5.74) is 3.77. The number of rotatable bonds is 9. The lowest BCUT2D eigenvalue weighted by Gasteiger charge is -2.17. The van der Waals surface area contributed by atoms with Crippen molar-refractivity contribution in [3.8, 4) is 23.0 Å². The molecule has 0 bridgehead atoms. The highest BCUT2D eigenvalue weighted by atomic mass is 32.1. The number of nitrogens with zero attached hydrogens (tertiary/aromatic N) is 3. The van der Waals surface area contributed by atoms with Crippen molar-refractivity contribution in [3.05, 3.63) is 66.4 Å². The van der Waals surface area contributed by atoms with Gasteiger partial charge >= 0.3 is 0 Å². The second-order valence-electron chi connectivity index (χ2n) is 8.03. The summed E-state index contributed by atoms with van der Waals surface area (Å²) in [7, 11) is 3.22. The van der Waals surface area contributed by atoms with Crippen molar-refractivity contribution in [2.45, 2.75) is 26.8 Å². The Kier molecular flexibility index (Phi) is 7.67. The van der Waals surface area contributed by atoms with Crippen LogP contribution in [0.5, 0.6) is 23.0 Å². The average molecular weight is 492 g/mol. The summed E-state index contributed by atoms with van der Waals surface area (Å²) in [6.07, 6.45) is 8.21. The molecule has 182 valence electrons. The fraction of sp³-hybridized carbons (Fsp3) is 0.269. The van der Waals surface area contributed by atoms with Crippen molar-refractivity contribution < 1.29 is 14.2 Å². The molecule has 0 spiro atoms. The topological polar surface area (TPSA) is 82.5 Å². The Hall–Kier alpha value is -3.85. The smallest absolute Gasteiger partial charge is 0.170 e. The minimum atomic E-state index is 0.591. The van der Waals surface area contributed by atoms with Gasteiger partial charge in [0.2, 0.25) is 0 Å². The Morgan fingerprint density at radius 1 is 0.971 bits per heavy atom. The predicted octanol–water partition coefficient (Wildman–Crippen LogP) is 5.23. The largest absolute Gasteiger partial charge is 0.493 e. The molecule has 4 aromatic rings. The molecular weight excluding hydrogens is 462 g/mol. The Labute approximate surface area is 210 Å². The molecule has 2 N–H and O–H groups in total. The Balaban J connectivity index is 1.45. The van der Waals surface area contributed by atoms with E-state index >= 15 is 0 Å². The van der Waals surface area contributed by atoms with Gasteiger partial charge in [-0.2, -0.15) is 0 Å². The minimum Gasteiger partial charge on any atom is -0.493 e. The van der Waals surface area contributed by atoms with Crippen LogP contribution in [0, 0.1) is 13.8 Å². The third-order valence-electron chi connectivity index (χ3n) is 5.85. The predicted molar refractivity (Wildman–Crippen MR) is 142 cm³/mol. The number of aryl methyl sites for hydroxylation is 1. The number of hydrogen-bond donors (Lipinski definition) is 2. The van der Waals surface area contributed by atoms with Gasteiger partial charge in [0.25, 0.3) is 0 Å². The third-order valence-corrected chi connectivity index (χ3v) is 6.10. The molecule has 2 aromatic carbocycles. The van der Waals surface area contributed by atoms with Crippen LogP contribution in [0.3, 0.4) is 0 Å². The molecule has 4 rings (SSSR count). The van der Waals surface area contributed by atoms with E-state index in [1.165, 1.54) is 0 Å². The second-order valence-corrected chi connectivity index (χ2v) is 8.44. The van der Waals surface area contributed by atoms with Gasteiger partial charge in [0.1, 0.15) is 11.5 Å². The molecule has 0 atom stereocenters. The van der Waals surface area contributed by atoms with Crippen molar-refractivity contribution in [1.82, 2.24) is 19.9 Å². The number of pyridine rings is 1. The van der Waals surface area contributed by atoms with Gasteiger partial charge in [-0.25, -0.2) is 4.98 Å². The van der Waals surface area contributed by atoms with Crippen LogP contribution in [0.1, 0.15) is 17.5 Å². The Morgan fingerprint density at radius 3 is 2.51 bits per heavy atom. The molecule has 0 saturated heterocycles. The number of aromatic nitrogens is 3. The van der Waals surface area contributed by atoms with Gasteiger partial charge in [0, 0.05) is 48.8 Å². The standard InChI is InChI=1S/C26H29N5O3S/c1-17-18(2)22(7-6-20(17)30-26(35)29-9-5-12-31-13-11-27-16-31)34-23-8-10-28-21-15-25(33-4)24(32-3)14-19(21)23/h6-8,10-11,13-16H,5,9,12H2,1-4H3,(H2,29,30,35). The van der Waals surface area contributed by atoms with Gasteiger partial charge in [-0.1, -0.05) is 0 Å².